The Morgan fingerprint density at radius 3 is 2.89 bits per heavy atom. The lowest BCUT2D eigenvalue weighted by Crippen LogP contribution is -2.35. The van der Waals surface area contributed by atoms with E-state index in [4.69, 9.17) is 14.6 Å². The van der Waals surface area contributed by atoms with Crippen LogP contribution in [0.15, 0.2) is 24.3 Å². The summed E-state index contributed by atoms with van der Waals surface area (Å²) in [5.74, 6) is -0.539. The summed E-state index contributed by atoms with van der Waals surface area (Å²) in [7, 11) is 0. The number of benzene rings is 1. The van der Waals surface area contributed by atoms with E-state index < -0.39 is 12.6 Å². The Balaban J connectivity index is 1.94. The van der Waals surface area contributed by atoms with Crippen molar-refractivity contribution in [1.29, 1.82) is 0 Å². The lowest BCUT2D eigenvalue weighted by atomic mass is 10.2. The van der Waals surface area contributed by atoms with Gasteiger partial charge in [-0.25, -0.2) is 4.79 Å². The van der Waals surface area contributed by atoms with Gasteiger partial charge in [0.05, 0.1) is 6.54 Å². The molecule has 0 fully saturated rings. The van der Waals surface area contributed by atoms with Gasteiger partial charge in [-0.2, -0.15) is 0 Å². The van der Waals surface area contributed by atoms with E-state index in [-0.39, 0.29) is 12.5 Å². The summed E-state index contributed by atoms with van der Waals surface area (Å²) in [6.45, 7) is 0.637. The number of carboxylic acid groups (broad SMARTS) is 1. The highest BCUT2D eigenvalue weighted by Gasteiger charge is 2.19. The molecule has 0 saturated heterocycles. The third kappa shape index (κ3) is 3.69. The van der Waals surface area contributed by atoms with Crippen molar-refractivity contribution in [3.63, 3.8) is 0 Å². The molecule has 0 bridgehead atoms. The van der Waals surface area contributed by atoms with Gasteiger partial charge in [0.15, 0.2) is 0 Å². The van der Waals surface area contributed by atoms with Crippen LogP contribution in [-0.4, -0.2) is 48.2 Å². The molecule has 1 heterocycles. The number of fused-ring (bicyclic) bond motifs is 1. The largest absolute Gasteiger partial charge is 0.491 e. The number of para-hydroxylation sites is 1. The number of carboxylic acids is 1. The minimum Gasteiger partial charge on any atom is -0.491 e. The van der Waals surface area contributed by atoms with Crippen LogP contribution in [-0.2, 0) is 20.9 Å². The molecule has 0 aliphatic carbocycles. The predicted octanol–water partition coefficient (Wildman–Crippen LogP) is 0.509. The summed E-state index contributed by atoms with van der Waals surface area (Å²) < 4.78 is 10.4. The molecule has 6 heteroatoms. The molecule has 0 aromatic heterocycles. The molecular formula is C13H15NO5. The van der Waals surface area contributed by atoms with E-state index in [1.54, 1.807) is 4.90 Å². The molecule has 1 aliphatic heterocycles. The minimum atomic E-state index is -1.09. The van der Waals surface area contributed by atoms with Crippen molar-refractivity contribution in [1.82, 2.24) is 4.90 Å². The van der Waals surface area contributed by atoms with Crippen LogP contribution in [0.25, 0.3) is 0 Å². The number of rotatable bonds is 4. The minimum absolute atomic E-state index is 0.228. The molecule has 0 radical (unpaired) electrons. The summed E-state index contributed by atoms with van der Waals surface area (Å²) in [5, 5.41) is 8.44. The summed E-state index contributed by atoms with van der Waals surface area (Å²) in [4.78, 5) is 23.8. The van der Waals surface area contributed by atoms with Crippen molar-refractivity contribution in [2.75, 3.05) is 26.4 Å². The topological polar surface area (TPSA) is 76.1 Å². The maximum atomic E-state index is 11.9. The molecule has 0 spiro atoms. The molecular weight excluding hydrogens is 250 g/mol. The molecule has 1 amide bonds. The van der Waals surface area contributed by atoms with Gasteiger partial charge in [0.1, 0.15) is 25.6 Å². The molecule has 0 atom stereocenters. The maximum absolute atomic E-state index is 11.9. The zero-order valence-corrected chi connectivity index (χ0v) is 10.4. The molecule has 102 valence electrons. The van der Waals surface area contributed by atoms with Crippen LogP contribution >= 0.6 is 0 Å². The first-order valence-corrected chi connectivity index (χ1v) is 5.95. The number of amides is 1. The molecule has 6 nitrogen and oxygen atoms in total. The Labute approximate surface area is 110 Å². The zero-order chi connectivity index (χ0) is 13.7. The zero-order valence-electron chi connectivity index (χ0n) is 10.4. The average Bonchev–Trinajstić information content (AvgIpc) is 2.60. The van der Waals surface area contributed by atoms with Gasteiger partial charge in [-0.15, -0.1) is 0 Å². The lowest BCUT2D eigenvalue weighted by Gasteiger charge is -2.19. The molecule has 1 aromatic carbocycles. The van der Waals surface area contributed by atoms with Gasteiger partial charge in [0.25, 0.3) is 0 Å². The van der Waals surface area contributed by atoms with Gasteiger partial charge < -0.3 is 19.5 Å². The van der Waals surface area contributed by atoms with Gasteiger partial charge in [-0.05, 0) is 6.07 Å². The van der Waals surface area contributed by atoms with E-state index in [1.807, 2.05) is 24.3 Å². The van der Waals surface area contributed by atoms with Gasteiger partial charge in [0, 0.05) is 12.1 Å². The summed E-state index contributed by atoms with van der Waals surface area (Å²) >= 11 is 0. The fraction of sp³-hybridized carbons (Fsp3) is 0.385. The Bertz CT molecular complexity index is 474. The Kier molecular flexibility index (Phi) is 4.35. The first-order chi connectivity index (χ1) is 9.16. The van der Waals surface area contributed by atoms with E-state index in [1.165, 1.54) is 0 Å². The number of carbonyl (C=O) groups excluding carboxylic acids is 1. The van der Waals surface area contributed by atoms with Crippen molar-refractivity contribution in [3.8, 4) is 5.75 Å². The number of hydrogen-bond acceptors (Lipinski definition) is 4. The number of carbonyl (C=O) groups is 2. The standard InChI is InChI=1S/C13H15NO5/c15-12(8-18-9-13(16)17)14-5-6-19-11-4-2-1-3-10(11)7-14/h1-4H,5-9H2,(H,16,17). The van der Waals surface area contributed by atoms with Crippen LogP contribution in [0.2, 0.25) is 0 Å². The number of hydrogen-bond donors (Lipinski definition) is 1. The Morgan fingerprint density at radius 1 is 1.32 bits per heavy atom. The fourth-order valence-corrected chi connectivity index (χ4v) is 1.86. The Hall–Kier alpha value is -2.08. The average molecular weight is 265 g/mol. The molecule has 0 unspecified atom stereocenters. The second kappa shape index (κ2) is 6.19. The predicted molar refractivity (Wildman–Crippen MR) is 65.8 cm³/mol. The molecule has 0 saturated carbocycles. The van der Waals surface area contributed by atoms with Crippen molar-refractivity contribution >= 4 is 11.9 Å². The number of ether oxygens (including phenoxy) is 2. The van der Waals surface area contributed by atoms with E-state index in [9.17, 15) is 9.59 Å². The first kappa shape index (κ1) is 13.4. The molecule has 1 aliphatic rings. The van der Waals surface area contributed by atoms with Crippen molar-refractivity contribution in [2.45, 2.75) is 6.54 Å². The lowest BCUT2D eigenvalue weighted by molar-refractivity contribution is -0.146. The van der Waals surface area contributed by atoms with Gasteiger partial charge >= 0.3 is 5.97 Å². The summed E-state index contributed by atoms with van der Waals surface area (Å²) in [6, 6.07) is 7.53. The number of nitrogens with zero attached hydrogens (tertiary/aromatic N) is 1. The van der Waals surface area contributed by atoms with Gasteiger partial charge in [0.2, 0.25) is 5.91 Å². The highest BCUT2D eigenvalue weighted by molar-refractivity contribution is 5.78. The summed E-state index contributed by atoms with van der Waals surface area (Å²) in [5.41, 5.74) is 0.937. The van der Waals surface area contributed by atoms with E-state index in [0.717, 1.165) is 11.3 Å². The highest BCUT2D eigenvalue weighted by Crippen LogP contribution is 2.22. The monoisotopic (exact) mass is 265 g/mol. The van der Waals surface area contributed by atoms with Gasteiger partial charge in [-0.1, -0.05) is 18.2 Å². The van der Waals surface area contributed by atoms with Crippen molar-refractivity contribution in [3.05, 3.63) is 29.8 Å². The van der Waals surface area contributed by atoms with E-state index in [2.05, 4.69) is 0 Å². The van der Waals surface area contributed by atoms with E-state index >= 15 is 0 Å². The first-order valence-electron chi connectivity index (χ1n) is 5.95. The van der Waals surface area contributed by atoms with Crippen LogP contribution in [0, 0.1) is 0 Å². The van der Waals surface area contributed by atoms with Crippen molar-refractivity contribution in [2.24, 2.45) is 0 Å². The third-order valence-corrected chi connectivity index (χ3v) is 2.76. The SMILES string of the molecule is O=C(O)COCC(=O)N1CCOc2ccccc2C1. The second-order valence-corrected chi connectivity index (χ2v) is 4.16. The van der Waals surface area contributed by atoms with Crippen LogP contribution in [0.3, 0.4) is 0 Å². The van der Waals surface area contributed by atoms with Crippen LogP contribution in [0.5, 0.6) is 5.75 Å². The maximum Gasteiger partial charge on any atom is 0.329 e. The van der Waals surface area contributed by atoms with Gasteiger partial charge in [-0.3, -0.25) is 4.79 Å². The second-order valence-electron chi connectivity index (χ2n) is 4.16. The van der Waals surface area contributed by atoms with E-state index in [0.29, 0.717) is 19.7 Å². The number of aliphatic carboxylic acids is 1. The molecule has 1 aromatic rings. The highest BCUT2D eigenvalue weighted by atomic mass is 16.5. The normalized spacial score (nSPS) is 14.2. The smallest absolute Gasteiger partial charge is 0.329 e. The molecule has 19 heavy (non-hydrogen) atoms. The van der Waals surface area contributed by atoms with Crippen LogP contribution < -0.4 is 4.74 Å². The molecule has 2 rings (SSSR count). The summed E-state index contributed by atoms with van der Waals surface area (Å²) in [6.07, 6.45) is 0. The fourth-order valence-electron chi connectivity index (χ4n) is 1.86. The van der Waals surface area contributed by atoms with Crippen molar-refractivity contribution < 1.29 is 24.2 Å². The molecule has 1 N–H and O–H groups in total. The Morgan fingerprint density at radius 2 is 2.11 bits per heavy atom. The van der Waals surface area contributed by atoms with Crippen LogP contribution in [0.1, 0.15) is 5.56 Å². The quantitative estimate of drug-likeness (QED) is 0.858. The third-order valence-electron chi connectivity index (χ3n) is 2.76. The van der Waals surface area contributed by atoms with Crippen LogP contribution in [0.4, 0.5) is 0 Å².